The fraction of sp³-hybridized carbons (Fsp3) is 0.522. The van der Waals surface area contributed by atoms with Crippen molar-refractivity contribution in [2.75, 3.05) is 24.3 Å². The number of benzene rings is 1. The Hall–Kier alpha value is -2.85. The van der Waals surface area contributed by atoms with Gasteiger partial charge in [-0.1, -0.05) is 24.6 Å². The summed E-state index contributed by atoms with van der Waals surface area (Å²) >= 11 is 0. The quantitative estimate of drug-likeness (QED) is 0.645. The Bertz CT molecular complexity index is 897. The summed E-state index contributed by atoms with van der Waals surface area (Å²) in [6, 6.07) is 10.4. The van der Waals surface area contributed by atoms with Gasteiger partial charge >= 0.3 is 0 Å². The van der Waals surface area contributed by atoms with Gasteiger partial charge in [0.2, 0.25) is 5.95 Å². The molecule has 2 aliphatic rings. The molecule has 1 aromatic carbocycles. The van der Waals surface area contributed by atoms with Crippen LogP contribution in [-0.4, -0.2) is 29.7 Å². The summed E-state index contributed by atoms with van der Waals surface area (Å²) in [6.07, 6.45) is 7.72. The summed E-state index contributed by atoms with van der Waals surface area (Å²) in [5, 5.41) is 16.1. The summed E-state index contributed by atoms with van der Waals surface area (Å²) in [4.78, 5) is 8.85. The lowest BCUT2D eigenvalue weighted by atomic mass is 9.65. The van der Waals surface area contributed by atoms with Gasteiger partial charge in [-0.15, -0.1) is 0 Å². The number of aromatic nitrogens is 2. The molecule has 0 radical (unpaired) electrons. The van der Waals surface area contributed by atoms with Crippen LogP contribution in [0.15, 0.2) is 30.5 Å². The first kappa shape index (κ1) is 20.4. The number of para-hydroxylation sites is 1. The van der Waals surface area contributed by atoms with Crippen LogP contribution in [0.5, 0.6) is 5.75 Å². The smallest absolute Gasteiger partial charge is 0.224 e. The number of nitriles is 1. The average molecular weight is 407 g/mol. The third-order valence-electron chi connectivity index (χ3n) is 6.61. The fourth-order valence-electron chi connectivity index (χ4n) is 5.03. The summed E-state index contributed by atoms with van der Waals surface area (Å²) in [5.74, 6) is 3.76. The molecule has 30 heavy (non-hydrogen) atoms. The maximum absolute atomic E-state index is 9.47. The van der Waals surface area contributed by atoms with Crippen LogP contribution in [0.1, 0.15) is 43.2 Å². The minimum atomic E-state index is 0.370. The SMILES string of the molecule is COc1ccccc1CNc1ncc(C#N)c(NCC2C[C@H]3CCC[C@@H](C2)C3N)n1. The molecule has 1 heterocycles. The molecule has 7 nitrogen and oxygen atoms in total. The van der Waals surface area contributed by atoms with Gasteiger partial charge in [0.05, 0.1) is 13.3 Å². The number of fused-ring (bicyclic) bond motifs is 2. The Balaban J connectivity index is 1.40. The fourth-order valence-corrected chi connectivity index (χ4v) is 5.03. The van der Waals surface area contributed by atoms with Crippen molar-refractivity contribution in [3.05, 3.63) is 41.6 Å². The number of nitrogens with two attached hydrogens (primary N) is 1. The summed E-state index contributed by atoms with van der Waals surface area (Å²) in [5.41, 5.74) is 7.90. The lowest BCUT2D eigenvalue weighted by Crippen LogP contribution is -2.47. The minimum absolute atomic E-state index is 0.370. The zero-order valence-corrected chi connectivity index (χ0v) is 17.5. The molecule has 4 N–H and O–H groups in total. The van der Waals surface area contributed by atoms with E-state index in [0.29, 0.717) is 47.7 Å². The van der Waals surface area contributed by atoms with Crippen molar-refractivity contribution in [2.45, 2.75) is 44.7 Å². The number of nitrogens with zero attached hydrogens (tertiary/aromatic N) is 3. The number of ether oxygens (including phenoxy) is 1. The van der Waals surface area contributed by atoms with Crippen LogP contribution in [0.3, 0.4) is 0 Å². The predicted octanol–water partition coefficient (Wildman–Crippen LogP) is 3.53. The van der Waals surface area contributed by atoms with E-state index in [0.717, 1.165) is 30.7 Å². The van der Waals surface area contributed by atoms with E-state index in [1.807, 2.05) is 24.3 Å². The Labute approximate surface area is 178 Å². The van der Waals surface area contributed by atoms with E-state index in [9.17, 15) is 5.26 Å². The van der Waals surface area contributed by atoms with Gasteiger partial charge in [0.1, 0.15) is 23.2 Å². The number of hydrogen-bond donors (Lipinski definition) is 3. The Morgan fingerprint density at radius 3 is 2.70 bits per heavy atom. The molecule has 4 atom stereocenters. The zero-order valence-electron chi connectivity index (χ0n) is 17.5. The minimum Gasteiger partial charge on any atom is -0.496 e. The average Bonchev–Trinajstić information content (AvgIpc) is 2.76. The summed E-state index contributed by atoms with van der Waals surface area (Å²) < 4.78 is 5.39. The molecule has 1 aromatic heterocycles. The maximum atomic E-state index is 9.47. The highest BCUT2D eigenvalue weighted by Crippen LogP contribution is 2.41. The molecule has 158 valence electrons. The Kier molecular flexibility index (Phi) is 6.34. The van der Waals surface area contributed by atoms with Gasteiger partial charge < -0.3 is 21.1 Å². The molecule has 0 amide bonds. The predicted molar refractivity (Wildman–Crippen MR) is 117 cm³/mol. The third kappa shape index (κ3) is 4.49. The number of nitrogens with one attached hydrogen (secondary N) is 2. The first-order chi connectivity index (χ1) is 14.7. The summed E-state index contributed by atoms with van der Waals surface area (Å²) in [7, 11) is 1.66. The standard InChI is InChI=1S/C23H30N6O/c1-30-20-8-3-2-5-18(20)13-27-23-28-14-19(11-24)22(29-23)26-12-15-9-16-6-4-7-17(10-15)21(16)25/h2-3,5,8,14-17,21H,4,6-7,9-10,12-13,25H2,1H3,(H2,26,27,28,29)/t15?,16-,17+,21?. The van der Waals surface area contributed by atoms with Gasteiger partial charge in [-0.25, -0.2) is 4.98 Å². The third-order valence-corrected chi connectivity index (χ3v) is 6.61. The molecule has 0 spiro atoms. The maximum Gasteiger partial charge on any atom is 0.224 e. The highest BCUT2D eigenvalue weighted by Gasteiger charge is 2.37. The molecule has 2 aromatic rings. The van der Waals surface area contributed by atoms with E-state index in [4.69, 9.17) is 10.5 Å². The largest absolute Gasteiger partial charge is 0.496 e. The molecule has 7 heteroatoms. The van der Waals surface area contributed by atoms with Crippen molar-refractivity contribution in [3.8, 4) is 11.8 Å². The van der Waals surface area contributed by atoms with E-state index in [1.54, 1.807) is 13.3 Å². The lowest BCUT2D eigenvalue weighted by Gasteiger charge is -2.44. The van der Waals surface area contributed by atoms with Crippen LogP contribution in [0.2, 0.25) is 0 Å². The van der Waals surface area contributed by atoms with Gasteiger partial charge in [-0.05, 0) is 49.5 Å². The number of anilines is 2. The molecule has 2 bridgehead atoms. The summed E-state index contributed by atoms with van der Waals surface area (Å²) in [6.45, 7) is 1.36. The molecule has 2 fully saturated rings. The van der Waals surface area contributed by atoms with Gasteiger partial charge in [0.15, 0.2) is 0 Å². The van der Waals surface area contributed by atoms with Crippen molar-refractivity contribution in [1.29, 1.82) is 5.26 Å². The van der Waals surface area contributed by atoms with Crippen molar-refractivity contribution in [1.82, 2.24) is 9.97 Å². The second kappa shape index (κ2) is 9.31. The van der Waals surface area contributed by atoms with Gasteiger partial charge in [-0.2, -0.15) is 10.2 Å². The molecular weight excluding hydrogens is 376 g/mol. The van der Waals surface area contributed by atoms with Crippen molar-refractivity contribution in [2.24, 2.45) is 23.5 Å². The van der Waals surface area contributed by atoms with Crippen LogP contribution in [0.25, 0.3) is 0 Å². The van der Waals surface area contributed by atoms with Gasteiger partial charge in [0, 0.05) is 24.7 Å². The van der Waals surface area contributed by atoms with Crippen LogP contribution in [0, 0.1) is 29.1 Å². The number of methoxy groups -OCH3 is 1. The highest BCUT2D eigenvalue weighted by molar-refractivity contribution is 5.53. The lowest BCUT2D eigenvalue weighted by molar-refractivity contribution is 0.112. The first-order valence-corrected chi connectivity index (χ1v) is 10.8. The normalized spacial score (nSPS) is 25.2. The monoisotopic (exact) mass is 406 g/mol. The number of rotatable bonds is 7. The van der Waals surface area contributed by atoms with Crippen LogP contribution in [0.4, 0.5) is 11.8 Å². The van der Waals surface area contributed by atoms with Gasteiger partial charge in [0.25, 0.3) is 0 Å². The van der Waals surface area contributed by atoms with Gasteiger partial charge in [-0.3, -0.25) is 0 Å². The van der Waals surface area contributed by atoms with Crippen LogP contribution < -0.4 is 21.1 Å². The van der Waals surface area contributed by atoms with E-state index in [-0.39, 0.29) is 0 Å². The first-order valence-electron chi connectivity index (χ1n) is 10.8. The Morgan fingerprint density at radius 1 is 1.20 bits per heavy atom. The zero-order chi connectivity index (χ0) is 20.9. The van der Waals surface area contributed by atoms with E-state index < -0.39 is 0 Å². The van der Waals surface area contributed by atoms with Crippen molar-refractivity contribution in [3.63, 3.8) is 0 Å². The van der Waals surface area contributed by atoms with E-state index >= 15 is 0 Å². The second-order valence-electron chi connectivity index (χ2n) is 8.48. The van der Waals surface area contributed by atoms with Crippen molar-refractivity contribution < 1.29 is 4.74 Å². The van der Waals surface area contributed by atoms with E-state index in [2.05, 4.69) is 26.7 Å². The molecule has 4 rings (SSSR count). The van der Waals surface area contributed by atoms with Crippen LogP contribution in [-0.2, 0) is 6.54 Å². The molecular formula is C23H30N6O. The molecule has 0 saturated heterocycles. The molecule has 2 saturated carbocycles. The van der Waals surface area contributed by atoms with E-state index in [1.165, 1.54) is 19.3 Å². The molecule has 2 unspecified atom stereocenters. The second-order valence-corrected chi connectivity index (χ2v) is 8.48. The van der Waals surface area contributed by atoms with Crippen LogP contribution >= 0.6 is 0 Å². The van der Waals surface area contributed by atoms with Crippen molar-refractivity contribution >= 4 is 11.8 Å². The topological polar surface area (TPSA) is 109 Å². The highest BCUT2D eigenvalue weighted by atomic mass is 16.5. The Morgan fingerprint density at radius 2 is 1.97 bits per heavy atom. The molecule has 2 aliphatic carbocycles. The molecule has 0 aliphatic heterocycles. The number of hydrogen-bond acceptors (Lipinski definition) is 7.